The number of hydrogen-bond acceptors (Lipinski definition) is 5. The van der Waals surface area contributed by atoms with Gasteiger partial charge in [0.05, 0.1) is 11.6 Å². The molecule has 0 aliphatic carbocycles. The average molecular weight is 493 g/mol. The Hall–Kier alpha value is -2.41. The molecule has 3 aromatic carbocycles. The first kappa shape index (κ1) is 22.3. The summed E-state index contributed by atoms with van der Waals surface area (Å²) < 4.78 is 23.2. The Morgan fingerprint density at radius 1 is 0.900 bits per heavy atom. The lowest BCUT2D eigenvalue weighted by Crippen LogP contribution is -2.13. The van der Waals surface area contributed by atoms with E-state index in [4.69, 9.17) is 18.9 Å². The first-order valence-corrected chi connectivity index (χ1v) is 10.1. The van der Waals surface area contributed by atoms with Gasteiger partial charge < -0.3 is 24.3 Å². The summed E-state index contributed by atoms with van der Waals surface area (Å²) in [6.07, 6.45) is 0. The molecule has 0 saturated heterocycles. The molecule has 1 N–H and O–H groups in total. The molecule has 0 fully saturated rings. The summed E-state index contributed by atoms with van der Waals surface area (Å²) in [5, 5.41) is 3.45. The van der Waals surface area contributed by atoms with Crippen molar-refractivity contribution in [2.75, 3.05) is 13.9 Å². The van der Waals surface area contributed by atoms with Gasteiger partial charge in [-0.25, -0.2) is 0 Å². The molecule has 0 amide bonds. The number of benzene rings is 3. The minimum atomic E-state index is 0. The van der Waals surface area contributed by atoms with Crippen LogP contribution in [0.2, 0.25) is 0 Å². The summed E-state index contributed by atoms with van der Waals surface area (Å²) in [6, 6.07) is 20.1. The Bertz CT molecular complexity index is 984. The van der Waals surface area contributed by atoms with Crippen LogP contribution in [0.25, 0.3) is 0 Å². The molecule has 0 atom stereocenters. The maximum atomic E-state index is 6.00. The van der Waals surface area contributed by atoms with Crippen molar-refractivity contribution < 1.29 is 18.9 Å². The predicted octanol–water partition coefficient (Wildman–Crippen LogP) is 5.48. The average Bonchev–Trinajstić information content (AvgIpc) is 3.21. The lowest BCUT2D eigenvalue weighted by molar-refractivity contribution is 0.174. The molecule has 0 unspecified atom stereocenters. The summed E-state index contributed by atoms with van der Waals surface area (Å²) in [7, 11) is 1.65. The Kier molecular flexibility index (Phi) is 7.85. The monoisotopic (exact) mass is 491 g/mol. The fourth-order valence-electron chi connectivity index (χ4n) is 3.15. The van der Waals surface area contributed by atoms with E-state index < -0.39 is 0 Å². The lowest BCUT2D eigenvalue weighted by atomic mass is 10.1. The molecule has 7 heteroatoms. The van der Waals surface area contributed by atoms with Gasteiger partial charge in [0.1, 0.15) is 6.61 Å². The van der Waals surface area contributed by atoms with Gasteiger partial charge in [-0.3, -0.25) is 0 Å². The van der Waals surface area contributed by atoms with Crippen molar-refractivity contribution >= 4 is 28.3 Å². The molecule has 1 aliphatic heterocycles. The highest BCUT2D eigenvalue weighted by Crippen LogP contribution is 2.37. The van der Waals surface area contributed by atoms with Gasteiger partial charge in [0.2, 0.25) is 6.79 Å². The molecule has 1 heterocycles. The van der Waals surface area contributed by atoms with Crippen molar-refractivity contribution in [3.8, 4) is 23.0 Å². The van der Waals surface area contributed by atoms with Crippen molar-refractivity contribution in [1.29, 1.82) is 0 Å². The highest BCUT2D eigenvalue weighted by atomic mass is 79.9. The Morgan fingerprint density at radius 3 is 2.47 bits per heavy atom. The zero-order valence-corrected chi connectivity index (χ0v) is 18.9. The second-order valence-corrected chi connectivity index (χ2v) is 7.53. The summed E-state index contributed by atoms with van der Waals surface area (Å²) in [5.74, 6) is 3.01. The Labute approximate surface area is 190 Å². The molecule has 158 valence electrons. The third-order valence-electron chi connectivity index (χ3n) is 4.61. The highest BCUT2D eigenvalue weighted by molar-refractivity contribution is 9.10. The minimum Gasteiger partial charge on any atom is -0.493 e. The fraction of sp³-hybridized carbons (Fsp3) is 0.217. The maximum Gasteiger partial charge on any atom is 0.231 e. The molecule has 30 heavy (non-hydrogen) atoms. The molecule has 3 aromatic rings. The number of fused-ring (bicyclic) bond motifs is 1. The SMILES string of the molecule is COc1cc(CNCc2ccc3c(c2)OCO3)cc(Br)c1OCc1ccccc1.Cl. The Morgan fingerprint density at radius 2 is 1.67 bits per heavy atom. The maximum absolute atomic E-state index is 6.00. The molecular weight excluding hydrogens is 470 g/mol. The third-order valence-corrected chi connectivity index (χ3v) is 5.20. The van der Waals surface area contributed by atoms with Crippen LogP contribution in [0.4, 0.5) is 0 Å². The van der Waals surface area contributed by atoms with E-state index in [0.29, 0.717) is 31.4 Å². The van der Waals surface area contributed by atoms with Crippen LogP contribution in [-0.4, -0.2) is 13.9 Å². The molecule has 1 aliphatic rings. The third kappa shape index (κ3) is 5.39. The standard InChI is InChI=1S/C23H22BrNO4.ClH/c1-26-22-11-18(9-19(24)23(22)27-14-16-5-3-2-4-6-16)13-25-12-17-7-8-20-21(10-17)29-15-28-20;/h2-11,25H,12-15H2,1H3;1H. The number of nitrogens with one attached hydrogen (secondary N) is 1. The Balaban J connectivity index is 0.00000256. The minimum absolute atomic E-state index is 0. The van der Waals surface area contributed by atoms with Gasteiger partial charge in [-0.15, -0.1) is 12.4 Å². The largest absolute Gasteiger partial charge is 0.493 e. The van der Waals surface area contributed by atoms with Crippen LogP contribution in [0.1, 0.15) is 16.7 Å². The molecular formula is C23H23BrClNO4. The second kappa shape index (κ2) is 10.6. The van der Waals surface area contributed by atoms with E-state index in [2.05, 4.69) is 27.3 Å². The van der Waals surface area contributed by atoms with Crippen LogP contribution in [0.5, 0.6) is 23.0 Å². The second-order valence-electron chi connectivity index (χ2n) is 6.67. The lowest BCUT2D eigenvalue weighted by Gasteiger charge is -2.15. The zero-order valence-electron chi connectivity index (χ0n) is 16.5. The number of hydrogen-bond donors (Lipinski definition) is 1. The van der Waals surface area contributed by atoms with E-state index in [1.807, 2.05) is 54.6 Å². The molecule has 0 radical (unpaired) electrons. The molecule has 0 aromatic heterocycles. The number of ether oxygens (including phenoxy) is 4. The summed E-state index contributed by atoms with van der Waals surface area (Å²) >= 11 is 3.62. The fourth-order valence-corrected chi connectivity index (χ4v) is 3.75. The summed E-state index contributed by atoms with van der Waals surface area (Å²) in [5.41, 5.74) is 3.35. The quantitative estimate of drug-likeness (QED) is 0.451. The number of rotatable bonds is 8. The van der Waals surface area contributed by atoms with Crippen LogP contribution in [0.3, 0.4) is 0 Å². The van der Waals surface area contributed by atoms with Crippen molar-refractivity contribution in [3.05, 3.63) is 81.8 Å². The summed E-state index contributed by atoms with van der Waals surface area (Å²) in [6.45, 7) is 2.20. The van der Waals surface area contributed by atoms with Crippen LogP contribution >= 0.6 is 28.3 Å². The van der Waals surface area contributed by atoms with Crippen LogP contribution in [-0.2, 0) is 19.7 Å². The number of halogens is 2. The van der Waals surface area contributed by atoms with Crippen LogP contribution in [0, 0.1) is 0 Å². The molecule has 0 saturated carbocycles. The first-order chi connectivity index (χ1) is 14.2. The van der Waals surface area contributed by atoms with E-state index >= 15 is 0 Å². The van der Waals surface area contributed by atoms with Gasteiger partial charge >= 0.3 is 0 Å². The van der Waals surface area contributed by atoms with Gasteiger partial charge in [0, 0.05) is 13.1 Å². The molecule has 0 spiro atoms. The normalized spacial score (nSPS) is 11.7. The van der Waals surface area contributed by atoms with E-state index in [0.717, 1.165) is 39.2 Å². The van der Waals surface area contributed by atoms with Crippen molar-refractivity contribution in [1.82, 2.24) is 5.32 Å². The van der Waals surface area contributed by atoms with Gasteiger partial charge in [-0.2, -0.15) is 0 Å². The first-order valence-electron chi connectivity index (χ1n) is 9.35. The van der Waals surface area contributed by atoms with E-state index in [1.165, 1.54) is 0 Å². The predicted molar refractivity (Wildman–Crippen MR) is 122 cm³/mol. The zero-order chi connectivity index (χ0) is 20.1. The van der Waals surface area contributed by atoms with Crippen LogP contribution < -0.4 is 24.3 Å². The van der Waals surface area contributed by atoms with Gasteiger partial charge in [0.15, 0.2) is 23.0 Å². The number of methoxy groups -OCH3 is 1. The van der Waals surface area contributed by atoms with Crippen molar-refractivity contribution in [2.24, 2.45) is 0 Å². The van der Waals surface area contributed by atoms with E-state index in [-0.39, 0.29) is 12.4 Å². The molecule has 4 rings (SSSR count). The smallest absolute Gasteiger partial charge is 0.231 e. The molecule has 5 nitrogen and oxygen atoms in total. The highest BCUT2D eigenvalue weighted by Gasteiger charge is 2.14. The molecule has 0 bridgehead atoms. The van der Waals surface area contributed by atoms with E-state index in [9.17, 15) is 0 Å². The van der Waals surface area contributed by atoms with E-state index in [1.54, 1.807) is 7.11 Å². The topological polar surface area (TPSA) is 49.0 Å². The van der Waals surface area contributed by atoms with Gasteiger partial charge in [-0.1, -0.05) is 36.4 Å². The van der Waals surface area contributed by atoms with Gasteiger partial charge in [-0.05, 0) is 56.9 Å². The van der Waals surface area contributed by atoms with Gasteiger partial charge in [0.25, 0.3) is 0 Å². The van der Waals surface area contributed by atoms with Crippen LogP contribution in [0.15, 0.2) is 65.1 Å². The summed E-state index contributed by atoms with van der Waals surface area (Å²) in [4.78, 5) is 0. The van der Waals surface area contributed by atoms with Crippen molar-refractivity contribution in [3.63, 3.8) is 0 Å². The van der Waals surface area contributed by atoms with Crippen molar-refractivity contribution in [2.45, 2.75) is 19.7 Å².